The second-order valence-electron chi connectivity index (χ2n) is 2.66. The molecule has 0 atom stereocenters. The van der Waals surface area contributed by atoms with Gasteiger partial charge in [0.25, 0.3) is 0 Å². The summed E-state index contributed by atoms with van der Waals surface area (Å²) < 4.78 is 0. The van der Waals surface area contributed by atoms with E-state index in [1.165, 1.54) is 7.11 Å². The van der Waals surface area contributed by atoms with Gasteiger partial charge in [0.05, 0.1) is 7.11 Å². The standard InChI is InChI=1S/C12H13NO2/c1-4-9-13-12-10(5-2)7-6-8-11(12)15-14-3/h4-9H,1-2H2,3H3. The van der Waals surface area contributed by atoms with E-state index in [4.69, 9.17) is 4.89 Å². The molecule has 1 aromatic rings. The van der Waals surface area contributed by atoms with Gasteiger partial charge >= 0.3 is 0 Å². The van der Waals surface area contributed by atoms with Gasteiger partial charge in [0.1, 0.15) is 5.69 Å². The van der Waals surface area contributed by atoms with Crippen molar-refractivity contribution >= 4 is 18.0 Å². The van der Waals surface area contributed by atoms with Gasteiger partial charge in [-0.15, -0.1) is 0 Å². The molecule has 0 amide bonds. The molecule has 0 aliphatic rings. The summed E-state index contributed by atoms with van der Waals surface area (Å²) >= 11 is 0. The number of aliphatic imine (C=N–C) groups is 1. The van der Waals surface area contributed by atoms with E-state index in [1.54, 1.807) is 24.4 Å². The largest absolute Gasteiger partial charge is 0.335 e. The molecule has 0 aliphatic heterocycles. The van der Waals surface area contributed by atoms with Crippen molar-refractivity contribution in [1.29, 1.82) is 0 Å². The zero-order valence-electron chi connectivity index (χ0n) is 8.64. The Labute approximate surface area is 89.3 Å². The average Bonchev–Trinajstić information content (AvgIpc) is 2.27. The summed E-state index contributed by atoms with van der Waals surface area (Å²) in [5.74, 6) is 0.549. The second kappa shape index (κ2) is 5.78. The second-order valence-corrected chi connectivity index (χ2v) is 2.66. The van der Waals surface area contributed by atoms with Gasteiger partial charge in [-0.2, -0.15) is 4.89 Å². The summed E-state index contributed by atoms with van der Waals surface area (Å²) in [5, 5.41) is 0. The zero-order chi connectivity index (χ0) is 11.1. The van der Waals surface area contributed by atoms with Crippen LogP contribution in [0.2, 0.25) is 0 Å². The molecular formula is C12H13NO2. The molecule has 0 saturated carbocycles. The minimum atomic E-state index is 0.549. The summed E-state index contributed by atoms with van der Waals surface area (Å²) in [4.78, 5) is 13.8. The molecule has 0 aliphatic carbocycles. The van der Waals surface area contributed by atoms with Crippen LogP contribution in [0.25, 0.3) is 6.08 Å². The third-order valence-corrected chi connectivity index (χ3v) is 1.73. The molecule has 78 valence electrons. The fourth-order valence-corrected chi connectivity index (χ4v) is 1.13. The van der Waals surface area contributed by atoms with Crippen LogP contribution in [0, 0.1) is 0 Å². The van der Waals surface area contributed by atoms with Crippen molar-refractivity contribution in [2.24, 2.45) is 4.99 Å². The normalized spacial score (nSPS) is 10.2. The summed E-state index contributed by atoms with van der Waals surface area (Å²) in [6.45, 7) is 7.26. The van der Waals surface area contributed by atoms with E-state index in [2.05, 4.69) is 23.0 Å². The number of benzene rings is 1. The minimum absolute atomic E-state index is 0.549. The van der Waals surface area contributed by atoms with E-state index in [1.807, 2.05) is 12.1 Å². The quantitative estimate of drug-likeness (QED) is 0.418. The first-order chi connectivity index (χ1) is 7.33. The highest BCUT2D eigenvalue weighted by Gasteiger charge is 2.06. The lowest BCUT2D eigenvalue weighted by molar-refractivity contribution is -0.177. The average molecular weight is 203 g/mol. The number of nitrogens with zero attached hydrogens (tertiary/aromatic N) is 1. The maximum Gasteiger partial charge on any atom is 0.191 e. The van der Waals surface area contributed by atoms with Gasteiger partial charge in [-0.25, -0.2) is 0 Å². The van der Waals surface area contributed by atoms with Gasteiger partial charge in [0.2, 0.25) is 0 Å². The Kier molecular flexibility index (Phi) is 4.31. The van der Waals surface area contributed by atoms with E-state index in [9.17, 15) is 0 Å². The molecule has 0 unspecified atom stereocenters. The molecule has 1 aromatic carbocycles. The molecule has 0 N–H and O–H groups in total. The third-order valence-electron chi connectivity index (χ3n) is 1.73. The van der Waals surface area contributed by atoms with Gasteiger partial charge in [-0.3, -0.25) is 4.99 Å². The van der Waals surface area contributed by atoms with E-state index < -0.39 is 0 Å². The first-order valence-corrected chi connectivity index (χ1v) is 4.44. The van der Waals surface area contributed by atoms with Crippen LogP contribution in [0.4, 0.5) is 5.69 Å². The van der Waals surface area contributed by atoms with Crippen molar-refractivity contribution in [3.05, 3.63) is 43.0 Å². The van der Waals surface area contributed by atoms with Gasteiger partial charge in [-0.05, 0) is 6.07 Å². The number of hydrogen-bond acceptors (Lipinski definition) is 3. The number of rotatable bonds is 5. The van der Waals surface area contributed by atoms with Crippen molar-refractivity contribution in [3.63, 3.8) is 0 Å². The van der Waals surface area contributed by atoms with Crippen molar-refractivity contribution < 1.29 is 9.78 Å². The SMILES string of the molecule is C=CC=Nc1c(C=C)cccc1OOC. The molecule has 0 aromatic heterocycles. The van der Waals surface area contributed by atoms with Gasteiger partial charge in [0, 0.05) is 11.8 Å². The fraction of sp³-hybridized carbons (Fsp3) is 0.0833. The minimum Gasteiger partial charge on any atom is -0.335 e. The molecule has 0 heterocycles. The van der Waals surface area contributed by atoms with Crippen molar-refractivity contribution in [3.8, 4) is 5.75 Å². The van der Waals surface area contributed by atoms with Crippen molar-refractivity contribution in [2.75, 3.05) is 7.11 Å². The van der Waals surface area contributed by atoms with Gasteiger partial charge in [-0.1, -0.05) is 37.4 Å². The molecule has 0 spiro atoms. The van der Waals surface area contributed by atoms with E-state index in [0.29, 0.717) is 11.4 Å². The Balaban J connectivity index is 3.19. The monoisotopic (exact) mass is 203 g/mol. The highest BCUT2D eigenvalue weighted by molar-refractivity contribution is 5.79. The maximum absolute atomic E-state index is 4.98. The number of allylic oxidation sites excluding steroid dienone is 1. The third kappa shape index (κ3) is 2.79. The zero-order valence-corrected chi connectivity index (χ0v) is 8.64. The van der Waals surface area contributed by atoms with Crippen LogP contribution in [0.3, 0.4) is 0 Å². The summed E-state index contributed by atoms with van der Waals surface area (Å²) in [5.41, 5.74) is 1.55. The highest BCUT2D eigenvalue weighted by atomic mass is 17.2. The number of para-hydroxylation sites is 1. The van der Waals surface area contributed by atoms with Crippen molar-refractivity contribution in [2.45, 2.75) is 0 Å². The molecule has 3 heteroatoms. The van der Waals surface area contributed by atoms with Crippen LogP contribution in [-0.2, 0) is 4.89 Å². The lowest BCUT2D eigenvalue weighted by atomic mass is 10.1. The van der Waals surface area contributed by atoms with Gasteiger partial charge < -0.3 is 4.89 Å². The molecule has 0 fully saturated rings. The molecule has 3 nitrogen and oxygen atoms in total. The molecule has 0 bridgehead atoms. The summed E-state index contributed by atoms with van der Waals surface area (Å²) in [6, 6.07) is 5.51. The van der Waals surface area contributed by atoms with Crippen LogP contribution in [0.5, 0.6) is 5.75 Å². The van der Waals surface area contributed by atoms with Crippen LogP contribution in [0.15, 0.2) is 42.4 Å². The fourth-order valence-electron chi connectivity index (χ4n) is 1.13. The Hall–Kier alpha value is -1.87. The Morgan fingerprint density at radius 1 is 1.33 bits per heavy atom. The highest BCUT2D eigenvalue weighted by Crippen LogP contribution is 2.32. The Morgan fingerprint density at radius 2 is 2.13 bits per heavy atom. The van der Waals surface area contributed by atoms with E-state index in [0.717, 1.165) is 5.56 Å². The van der Waals surface area contributed by atoms with Crippen molar-refractivity contribution in [1.82, 2.24) is 0 Å². The molecule has 15 heavy (non-hydrogen) atoms. The topological polar surface area (TPSA) is 30.8 Å². The van der Waals surface area contributed by atoms with Gasteiger partial charge in [0.15, 0.2) is 5.75 Å². The first-order valence-electron chi connectivity index (χ1n) is 4.44. The van der Waals surface area contributed by atoms with E-state index in [-0.39, 0.29) is 0 Å². The molecular weight excluding hydrogens is 190 g/mol. The molecule has 0 saturated heterocycles. The van der Waals surface area contributed by atoms with Crippen LogP contribution >= 0.6 is 0 Å². The number of hydrogen-bond donors (Lipinski definition) is 0. The predicted octanol–water partition coefficient (Wildman–Crippen LogP) is 3.16. The summed E-state index contributed by atoms with van der Waals surface area (Å²) in [6.07, 6.45) is 4.89. The smallest absolute Gasteiger partial charge is 0.191 e. The first kappa shape index (κ1) is 11.2. The predicted molar refractivity (Wildman–Crippen MR) is 62.5 cm³/mol. The maximum atomic E-state index is 4.98. The lowest BCUT2D eigenvalue weighted by Crippen LogP contribution is -1.91. The summed E-state index contributed by atoms with van der Waals surface area (Å²) in [7, 11) is 1.45. The van der Waals surface area contributed by atoms with Crippen LogP contribution in [-0.4, -0.2) is 13.3 Å². The molecule has 1 rings (SSSR count). The lowest BCUT2D eigenvalue weighted by Gasteiger charge is -2.06. The molecule has 0 radical (unpaired) electrons. The van der Waals surface area contributed by atoms with Crippen LogP contribution in [0.1, 0.15) is 5.56 Å². The Bertz CT molecular complexity index is 383. The Morgan fingerprint density at radius 3 is 2.73 bits per heavy atom. The van der Waals surface area contributed by atoms with Crippen LogP contribution < -0.4 is 4.89 Å². The van der Waals surface area contributed by atoms with E-state index >= 15 is 0 Å².